The van der Waals surface area contributed by atoms with E-state index in [-0.39, 0.29) is 17.3 Å². The largest absolute Gasteiger partial charge is 0.444 e. The molecule has 1 amide bonds. The summed E-state index contributed by atoms with van der Waals surface area (Å²) in [6, 6.07) is 0.0409. The van der Waals surface area contributed by atoms with Crippen molar-refractivity contribution in [2.45, 2.75) is 46.3 Å². The van der Waals surface area contributed by atoms with E-state index < -0.39 is 5.60 Å². The number of halogens is 2. The van der Waals surface area contributed by atoms with Gasteiger partial charge in [0.05, 0.1) is 0 Å². The lowest BCUT2D eigenvalue weighted by Gasteiger charge is -2.41. The summed E-state index contributed by atoms with van der Waals surface area (Å²) >= 11 is 12.3. The Kier molecular flexibility index (Phi) is 5.26. The Morgan fingerprint density at radius 1 is 1.26 bits per heavy atom. The molecule has 0 spiro atoms. The maximum Gasteiger partial charge on any atom is 0.410 e. The SMILES string of the molecule is Cc1nc(Cl)c(Cl)c(N2CCN(C(=O)OC(C)(C)C)C[C@H]2C)n1. The first-order valence-corrected chi connectivity index (χ1v) is 8.28. The highest BCUT2D eigenvalue weighted by Gasteiger charge is 2.31. The summed E-state index contributed by atoms with van der Waals surface area (Å²) in [5, 5.41) is 0.589. The Bertz CT molecular complexity index is 604. The smallest absolute Gasteiger partial charge is 0.410 e. The maximum absolute atomic E-state index is 12.2. The molecule has 1 fully saturated rings. The van der Waals surface area contributed by atoms with Crippen LogP contribution in [0.5, 0.6) is 0 Å². The standard InChI is InChI=1S/C15H22Cl2N4O2/c1-9-8-20(14(22)23-15(3,4)5)6-7-21(9)13-11(16)12(17)18-10(2)19-13/h9H,6-8H2,1-5H3/t9-/m1/s1. The van der Waals surface area contributed by atoms with Crippen molar-refractivity contribution in [3.8, 4) is 0 Å². The molecule has 1 aromatic rings. The van der Waals surface area contributed by atoms with Gasteiger partial charge in [0, 0.05) is 25.7 Å². The zero-order valence-electron chi connectivity index (χ0n) is 14.1. The van der Waals surface area contributed by atoms with Crippen LogP contribution in [0.4, 0.5) is 10.6 Å². The van der Waals surface area contributed by atoms with Gasteiger partial charge in [-0.25, -0.2) is 14.8 Å². The number of ether oxygens (including phenoxy) is 1. The van der Waals surface area contributed by atoms with E-state index in [0.717, 1.165) is 0 Å². The first-order valence-electron chi connectivity index (χ1n) is 7.52. The van der Waals surface area contributed by atoms with Crippen LogP contribution in [-0.4, -0.2) is 52.2 Å². The second-order valence-electron chi connectivity index (χ2n) is 6.67. The van der Waals surface area contributed by atoms with Crippen LogP contribution in [0.15, 0.2) is 0 Å². The van der Waals surface area contributed by atoms with Crippen LogP contribution in [0, 0.1) is 6.92 Å². The van der Waals surface area contributed by atoms with E-state index in [0.29, 0.717) is 36.3 Å². The lowest BCUT2D eigenvalue weighted by molar-refractivity contribution is 0.0218. The maximum atomic E-state index is 12.2. The second kappa shape index (κ2) is 6.69. The molecule has 0 N–H and O–H groups in total. The molecule has 1 aliphatic heterocycles. The van der Waals surface area contributed by atoms with E-state index in [9.17, 15) is 4.79 Å². The van der Waals surface area contributed by atoms with Gasteiger partial charge in [0.1, 0.15) is 16.4 Å². The number of rotatable bonds is 1. The molecule has 128 valence electrons. The summed E-state index contributed by atoms with van der Waals surface area (Å²) in [6.07, 6.45) is -0.299. The molecule has 6 nitrogen and oxygen atoms in total. The number of nitrogens with zero attached hydrogens (tertiary/aromatic N) is 4. The predicted molar refractivity (Wildman–Crippen MR) is 91.4 cm³/mol. The first-order chi connectivity index (χ1) is 10.6. The molecule has 0 bridgehead atoms. The monoisotopic (exact) mass is 360 g/mol. The van der Waals surface area contributed by atoms with Gasteiger partial charge in [-0.05, 0) is 34.6 Å². The molecule has 0 unspecified atom stereocenters. The molecule has 0 aromatic carbocycles. The van der Waals surface area contributed by atoms with Gasteiger partial charge in [-0.15, -0.1) is 0 Å². The number of hydrogen-bond donors (Lipinski definition) is 0. The summed E-state index contributed by atoms with van der Waals surface area (Å²) in [5.74, 6) is 1.18. The third kappa shape index (κ3) is 4.38. The van der Waals surface area contributed by atoms with E-state index in [1.807, 2.05) is 32.6 Å². The lowest BCUT2D eigenvalue weighted by Crippen LogP contribution is -2.55. The normalized spacial score (nSPS) is 19.0. The quantitative estimate of drug-likeness (QED) is 0.716. The summed E-state index contributed by atoms with van der Waals surface area (Å²) in [4.78, 5) is 24.4. The van der Waals surface area contributed by atoms with Gasteiger partial charge in [-0.1, -0.05) is 23.2 Å². The van der Waals surface area contributed by atoms with E-state index >= 15 is 0 Å². The van der Waals surface area contributed by atoms with Crippen molar-refractivity contribution in [3.05, 3.63) is 16.0 Å². The molecule has 1 aliphatic rings. The molecule has 1 saturated heterocycles. The fraction of sp³-hybridized carbons (Fsp3) is 0.667. The van der Waals surface area contributed by atoms with Crippen LogP contribution in [0.1, 0.15) is 33.5 Å². The molecular weight excluding hydrogens is 339 g/mol. The molecule has 2 rings (SSSR count). The fourth-order valence-electron chi connectivity index (χ4n) is 2.47. The van der Waals surface area contributed by atoms with Crippen LogP contribution in [0.25, 0.3) is 0 Å². The number of amides is 1. The number of carbonyl (C=O) groups excluding carboxylic acids is 1. The summed E-state index contributed by atoms with van der Waals surface area (Å²) < 4.78 is 5.42. The summed E-state index contributed by atoms with van der Waals surface area (Å²) in [6.45, 7) is 11.0. The van der Waals surface area contributed by atoms with E-state index in [2.05, 4.69) is 9.97 Å². The number of aryl methyl sites for hydroxylation is 1. The topological polar surface area (TPSA) is 58.6 Å². The van der Waals surface area contributed by atoms with Gasteiger partial charge in [-0.3, -0.25) is 0 Å². The van der Waals surface area contributed by atoms with Crippen molar-refractivity contribution in [2.24, 2.45) is 0 Å². The fourth-order valence-corrected chi connectivity index (χ4v) is 2.87. The molecular formula is C15H22Cl2N4O2. The first kappa shape index (κ1) is 18.1. The number of aromatic nitrogens is 2. The Labute approximate surface area is 146 Å². The zero-order chi connectivity index (χ0) is 17.4. The Balaban J connectivity index is 2.12. The van der Waals surface area contributed by atoms with Gasteiger partial charge in [0.2, 0.25) is 0 Å². The van der Waals surface area contributed by atoms with E-state index in [1.54, 1.807) is 11.8 Å². The highest BCUT2D eigenvalue weighted by atomic mass is 35.5. The Morgan fingerprint density at radius 2 is 1.91 bits per heavy atom. The average molecular weight is 361 g/mol. The van der Waals surface area contributed by atoms with Crippen molar-refractivity contribution in [1.82, 2.24) is 14.9 Å². The average Bonchev–Trinajstić information content (AvgIpc) is 2.41. The molecule has 1 aromatic heterocycles. The van der Waals surface area contributed by atoms with Crippen molar-refractivity contribution < 1.29 is 9.53 Å². The van der Waals surface area contributed by atoms with Crippen LogP contribution in [0.2, 0.25) is 10.2 Å². The third-order valence-corrected chi connectivity index (χ3v) is 4.17. The van der Waals surface area contributed by atoms with Gasteiger partial charge in [-0.2, -0.15) is 0 Å². The predicted octanol–water partition coefficient (Wildman–Crippen LogP) is 3.54. The molecule has 0 aliphatic carbocycles. The van der Waals surface area contributed by atoms with Crippen molar-refractivity contribution in [3.63, 3.8) is 0 Å². The highest BCUT2D eigenvalue weighted by molar-refractivity contribution is 6.42. The molecule has 0 radical (unpaired) electrons. The summed E-state index contributed by atoms with van der Waals surface area (Å²) in [7, 11) is 0. The Hall–Kier alpha value is -1.27. The van der Waals surface area contributed by atoms with Crippen LogP contribution >= 0.6 is 23.2 Å². The number of hydrogen-bond acceptors (Lipinski definition) is 5. The van der Waals surface area contributed by atoms with Crippen LogP contribution < -0.4 is 4.90 Å². The van der Waals surface area contributed by atoms with Gasteiger partial charge in [0.15, 0.2) is 11.0 Å². The third-order valence-electron chi connectivity index (χ3n) is 3.46. The molecule has 0 saturated carbocycles. The van der Waals surface area contributed by atoms with Crippen LogP contribution in [0.3, 0.4) is 0 Å². The number of piperazine rings is 1. The lowest BCUT2D eigenvalue weighted by atomic mass is 10.2. The molecule has 1 atom stereocenters. The minimum Gasteiger partial charge on any atom is -0.444 e. The zero-order valence-corrected chi connectivity index (χ0v) is 15.6. The van der Waals surface area contributed by atoms with Gasteiger partial charge >= 0.3 is 6.09 Å². The number of carbonyl (C=O) groups is 1. The van der Waals surface area contributed by atoms with E-state index in [1.165, 1.54) is 0 Å². The van der Waals surface area contributed by atoms with Crippen molar-refractivity contribution in [1.29, 1.82) is 0 Å². The molecule has 23 heavy (non-hydrogen) atoms. The van der Waals surface area contributed by atoms with Crippen LogP contribution in [-0.2, 0) is 4.74 Å². The summed E-state index contributed by atoms with van der Waals surface area (Å²) in [5.41, 5.74) is -0.502. The Morgan fingerprint density at radius 3 is 2.48 bits per heavy atom. The van der Waals surface area contributed by atoms with Gasteiger partial charge in [0.25, 0.3) is 0 Å². The van der Waals surface area contributed by atoms with Crippen molar-refractivity contribution >= 4 is 35.1 Å². The minimum absolute atomic E-state index is 0.0409. The second-order valence-corrected chi connectivity index (χ2v) is 7.40. The highest BCUT2D eigenvalue weighted by Crippen LogP contribution is 2.31. The minimum atomic E-state index is -0.502. The number of anilines is 1. The molecule has 8 heteroatoms. The van der Waals surface area contributed by atoms with Crippen molar-refractivity contribution in [2.75, 3.05) is 24.5 Å². The molecule has 2 heterocycles. The van der Waals surface area contributed by atoms with E-state index in [4.69, 9.17) is 27.9 Å². The van der Waals surface area contributed by atoms with Gasteiger partial charge < -0.3 is 14.5 Å².